The van der Waals surface area contributed by atoms with Crippen LogP contribution in [0.1, 0.15) is 52.6 Å². The van der Waals surface area contributed by atoms with Gasteiger partial charge in [-0.05, 0) is 57.0 Å². The van der Waals surface area contributed by atoms with Crippen molar-refractivity contribution in [3.05, 3.63) is 80.9 Å². The summed E-state index contributed by atoms with van der Waals surface area (Å²) in [5, 5.41) is 11.4. The summed E-state index contributed by atoms with van der Waals surface area (Å²) in [6.07, 6.45) is 1.68. The van der Waals surface area contributed by atoms with Crippen LogP contribution < -0.4 is 21.9 Å². The van der Waals surface area contributed by atoms with Crippen LogP contribution in [0.25, 0.3) is 22.3 Å². The first-order valence-corrected chi connectivity index (χ1v) is 12.1. The highest BCUT2D eigenvalue weighted by Gasteiger charge is 2.19. The first-order valence-electron chi connectivity index (χ1n) is 12.1. The number of nitrogens with zero attached hydrogens (tertiary/aromatic N) is 3. The van der Waals surface area contributed by atoms with Crippen LogP contribution in [-0.2, 0) is 13.1 Å². The molecule has 3 heterocycles. The number of benzene rings is 1. The summed E-state index contributed by atoms with van der Waals surface area (Å²) in [4.78, 5) is 33.5. The zero-order chi connectivity index (χ0) is 25.8. The predicted molar refractivity (Wildman–Crippen MR) is 142 cm³/mol. The van der Waals surface area contributed by atoms with Crippen LogP contribution in [-0.4, -0.2) is 38.7 Å². The number of nitrogens with one attached hydrogen (secondary N) is 3. The number of hydrogen-bond acceptors (Lipinski definition) is 6. The molecular formula is C27H33N7O2. The fourth-order valence-corrected chi connectivity index (χ4v) is 4.27. The van der Waals surface area contributed by atoms with Gasteiger partial charge in [0.15, 0.2) is 5.65 Å². The van der Waals surface area contributed by atoms with Crippen molar-refractivity contribution in [2.24, 2.45) is 5.73 Å². The Bertz CT molecular complexity index is 1450. The highest BCUT2D eigenvalue weighted by Crippen LogP contribution is 2.27. The molecule has 188 valence electrons. The van der Waals surface area contributed by atoms with Crippen molar-refractivity contribution in [3.8, 4) is 11.3 Å². The first-order chi connectivity index (χ1) is 17.3. The summed E-state index contributed by atoms with van der Waals surface area (Å²) in [5.74, 6) is -0.285. The quantitative estimate of drug-likeness (QED) is 0.269. The third-order valence-electron chi connectivity index (χ3n) is 6.09. The Hall–Kier alpha value is -3.82. The number of carbonyl (C=O) groups is 1. The van der Waals surface area contributed by atoms with Gasteiger partial charge < -0.3 is 21.4 Å². The number of nitrogens with two attached hydrogens (primary N) is 1. The van der Waals surface area contributed by atoms with E-state index >= 15 is 0 Å². The molecule has 3 aromatic heterocycles. The molecule has 1 amide bonds. The Labute approximate surface area is 210 Å². The highest BCUT2D eigenvalue weighted by atomic mass is 16.1. The van der Waals surface area contributed by atoms with Crippen molar-refractivity contribution in [2.45, 2.75) is 46.8 Å². The molecule has 4 rings (SSSR count). The van der Waals surface area contributed by atoms with E-state index in [2.05, 4.69) is 26.8 Å². The summed E-state index contributed by atoms with van der Waals surface area (Å²) in [7, 11) is 0. The zero-order valence-corrected chi connectivity index (χ0v) is 21.2. The van der Waals surface area contributed by atoms with Gasteiger partial charge in [0.05, 0.1) is 22.8 Å². The molecule has 0 aliphatic carbocycles. The lowest BCUT2D eigenvalue weighted by Crippen LogP contribution is -2.28. The number of H-pyrrole nitrogens is 1. The second-order valence-electron chi connectivity index (χ2n) is 9.27. The summed E-state index contributed by atoms with van der Waals surface area (Å²) in [6.45, 7) is 9.87. The largest absolute Gasteiger partial charge is 0.348 e. The van der Waals surface area contributed by atoms with Gasteiger partial charge in [-0.3, -0.25) is 9.59 Å². The third-order valence-corrected chi connectivity index (χ3v) is 6.09. The monoisotopic (exact) mass is 487 g/mol. The maximum atomic E-state index is 13.4. The van der Waals surface area contributed by atoms with E-state index in [1.807, 2.05) is 56.6 Å². The van der Waals surface area contributed by atoms with E-state index in [0.717, 1.165) is 28.9 Å². The van der Waals surface area contributed by atoms with E-state index in [1.165, 1.54) is 0 Å². The van der Waals surface area contributed by atoms with Crippen molar-refractivity contribution in [1.82, 2.24) is 30.4 Å². The van der Waals surface area contributed by atoms with Crippen LogP contribution in [0.3, 0.4) is 0 Å². The minimum absolute atomic E-state index is 0.0710. The predicted octanol–water partition coefficient (Wildman–Crippen LogP) is 2.96. The van der Waals surface area contributed by atoms with Gasteiger partial charge in [-0.1, -0.05) is 18.2 Å². The van der Waals surface area contributed by atoms with Crippen molar-refractivity contribution in [3.63, 3.8) is 0 Å². The van der Waals surface area contributed by atoms with E-state index in [1.54, 1.807) is 12.3 Å². The minimum Gasteiger partial charge on any atom is -0.348 e. The maximum Gasteiger partial charge on any atom is 0.253 e. The maximum absolute atomic E-state index is 13.4. The molecule has 0 atom stereocenters. The molecule has 9 heteroatoms. The summed E-state index contributed by atoms with van der Waals surface area (Å²) >= 11 is 0. The van der Waals surface area contributed by atoms with E-state index in [9.17, 15) is 9.59 Å². The molecule has 0 aliphatic heterocycles. The molecule has 0 unspecified atom stereocenters. The molecule has 0 fully saturated rings. The molecule has 0 saturated carbocycles. The van der Waals surface area contributed by atoms with Crippen LogP contribution in [0, 0.1) is 13.8 Å². The highest BCUT2D eigenvalue weighted by molar-refractivity contribution is 6.06. The number of amides is 1. The lowest BCUT2D eigenvalue weighted by atomic mass is 10.0. The number of hydrogen-bond donors (Lipinski definition) is 4. The van der Waals surface area contributed by atoms with Gasteiger partial charge in [0.2, 0.25) is 0 Å². The van der Waals surface area contributed by atoms with Gasteiger partial charge >= 0.3 is 0 Å². The number of fused-ring (bicyclic) bond motifs is 1. The number of rotatable bonds is 9. The molecule has 9 nitrogen and oxygen atoms in total. The molecule has 4 aromatic rings. The standard InChI is InChI=1S/C27H33N7O2/c1-16(2)34-25-23(15-31-34)21(26(35)30-14-22-17(3)10-18(4)32-27(22)36)12-24(33-25)20-7-5-6-19(11-20)13-29-9-8-28/h5-7,10-12,15-16,29H,8-9,13-14,28H2,1-4H3,(H,30,35)(H,32,36). The summed E-state index contributed by atoms with van der Waals surface area (Å²) in [6, 6.07) is 11.8. The number of aryl methyl sites for hydroxylation is 2. The van der Waals surface area contributed by atoms with Gasteiger partial charge in [0.25, 0.3) is 11.5 Å². The van der Waals surface area contributed by atoms with Crippen molar-refractivity contribution >= 4 is 16.9 Å². The van der Waals surface area contributed by atoms with E-state index in [4.69, 9.17) is 10.7 Å². The van der Waals surface area contributed by atoms with Gasteiger partial charge in [-0.25, -0.2) is 9.67 Å². The fraction of sp³-hybridized carbons (Fsp3) is 0.333. The summed E-state index contributed by atoms with van der Waals surface area (Å²) in [5.41, 5.74) is 11.3. The minimum atomic E-state index is -0.285. The summed E-state index contributed by atoms with van der Waals surface area (Å²) < 4.78 is 1.82. The van der Waals surface area contributed by atoms with Crippen molar-refractivity contribution in [2.75, 3.05) is 13.1 Å². The molecule has 36 heavy (non-hydrogen) atoms. The molecule has 5 N–H and O–H groups in total. The molecule has 0 bridgehead atoms. The Morgan fingerprint density at radius 1 is 1.17 bits per heavy atom. The number of pyridine rings is 2. The zero-order valence-electron chi connectivity index (χ0n) is 21.2. The molecule has 1 aromatic carbocycles. The Morgan fingerprint density at radius 2 is 1.97 bits per heavy atom. The normalized spacial score (nSPS) is 11.4. The van der Waals surface area contributed by atoms with Gasteiger partial charge in [-0.15, -0.1) is 0 Å². The molecule has 0 saturated heterocycles. The molecule has 0 radical (unpaired) electrons. The Kier molecular flexibility index (Phi) is 7.61. The Balaban J connectivity index is 1.72. The number of aromatic amines is 1. The third kappa shape index (κ3) is 5.37. The topological polar surface area (TPSA) is 131 Å². The van der Waals surface area contributed by atoms with E-state index < -0.39 is 0 Å². The molecule has 0 aliphatic rings. The molecule has 0 spiro atoms. The average Bonchev–Trinajstić information content (AvgIpc) is 3.27. The van der Waals surface area contributed by atoms with Crippen molar-refractivity contribution in [1.29, 1.82) is 0 Å². The second-order valence-corrected chi connectivity index (χ2v) is 9.27. The lowest BCUT2D eigenvalue weighted by molar-refractivity contribution is 0.0952. The second kappa shape index (κ2) is 10.8. The lowest BCUT2D eigenvalue weighted by Gasteiger charge is -2.12. The molecular weight excluding hydrogens is 454 g/mol. The average molecular weight is 488 g/mol. The van der Waals surface area contributed by atoms with Crippen LogP contribution in [0.2, 0.25) is 0 Å². The van der Waals surface area contributed by atoms with E-state index in [-0.39, 0.29) is 24.1 Å². The van der Waals surface area contributed by atoms with Gasteiger partial charge in [0.1, 0.15) is 0 Å². The fourth-order valence-electron chi connectivity index (χ4n) is 4.27. The van der Waals surface area contributed by atoms with Crippen LogP contribution in [0.5, 0.6) is 0 Å². The van der Waals surface area contributed by atoms with Crippen LogP contribution in [0.4, 0.5) is 0 Å². The van der Waals surface area contributed by atoms with Crippen molar-refractivity contribution < 1.29 is 4.79 Å². The number of carbonyl (C=O) groups excluding carboxylic acids is 1. The van der Waals surface area contributed by atoms with Gasteiger partial charge in [-0.2, -0.15) is 5.10 Å². The van der Waals surface area contributed by atoms with E-state index in [0.29, 0.717) is 40.9 Å². The smallest absolute Gasteiger partial charge is 0.253 e. The van der Waals surface area contributed by atoms with Crippen LogP contribution >= 0.6 is 0 Å². The first kappa shape index (κ1) is 25.3. The number of aromatic nitrogens is 4. The van der Waals surface area contributed by atoms with Gasteiger partial charge in [0, 0.05) is 49.0 Å². The Morgan fingerprint density at radius 3 is 2.69 bits per heavy atom. The SMILES string of the molecule is Cc1cc(C)c(CNC(=O)c2cc(-c3cccc(CNCCN)c3)nc3c2cnn3C(C)C)c(=O)[nH]1. The van der Waals surface area contributed by atoms with Crippen LogP contribution in [0.15, 0.2) is 47.4 Å².